The van der Waals surface area contributed by atoms with Crippen LogP contribution in [0.25, 0.3) is 0 Å². The molecule has 0 bridgehead atoms. The van der Waals surface area contributed by atoms with E-state index in [4.69, 9.17) is 0 Å². The van der Waals surface area contributed by atoms with Crippen molar-refractivity contribution in [1.82, 2.24) is 4.31 Å². The molecule has 0 unspecified atom stereocenters. The third kappa shape index (κ3) is 2.88. The molecule has 0 atom stereocenters. The van der Waals surface area contributed by atoms with Gasteiger partial charge in [0.25, 0.3) is 0 Å². The molecule has 1 aromatic carbocycles. The second-order valence-electron chi connectivity index (χ2n) is 3.61. The van der Waals surface area contributed by atoms with Gasteiger partial charge in [-0.05, 0) is 18.2 Å². The van der Waals surface area contributed by atoms with E-state index in [1.807, 2.05) is 0 Å². The van der Waals surface area contributed by atoms with Crippen molar-refractivity contribution >= 4 is 16.0 Å². The fourth-order valence-corrected chi connectivity index (χ4v) is 3.12. The lowest BCUT2D eigenvalue weighted by Gasteiger charge is -2.18. The summed E-state index contributed by atoms with van der Waals surface area (Å²) in [5.74, 6) is -0.549. The first-order valence-electron chi connectivity index (χ1n) is 5.65. The van der Waals surface area contributed by atoms with Crippen LogP contribution in [0.1, 0.15) is 24.2 Å². The number of carbonyl (C=O) groups is 1. The molecule has 0 fully saturated rings. The van der Waals surface area contributed by atoms with Gasteiger partial charge in [0.1, 0.15) is 0 Å². The molecule has 0 aromatic heterocycles. The topological polar surface area (TPSA) is 63.7 Å². The second-order valence-corrected chi connectivity index (χ2v) is 5.55. The van der Waals surface area contributed by atoms with Crippen LogP contribution in [0.3, 0.4) is 0 Å². The van der Waals surface area contributed by atoms with Gasteiger partial charge in [-0.15, -0.1) is 0 Å². The van der Waals surface area contributed by atoms with Gasteiger partial charge in [-0.3, -0.25) is 0 Å². The molecule has 0 saturated carbocycles. The summed E-state index contributed by atoms with van der Waals surface area (Å²) < 4.78 is 30.4. The molecule has 0 N–H and O–H groups in total. The van der Waals surface area contributed by atoms with Crippen molar-refractivity contribution in [3.05, 3.63) is 29.8 Å². The van der Waals surface area contributed by atoms with Crippen molar-refractivity contribution in [3.63, 3.8) is 0 Å². The molecule has 0 aliphatic heterocycles. The predicted octanol–water partition coefficient (Wildman–Crippen LogP) is 1.50. The molecular formula is C12H17NO4S. The van der Waals surface area contributed by atoms with E-state index in [-0.39, 0.29) is 10.5 Å². The van der Waals surface area contributed by atoms with E-state index in [0.29, 0.717) is 13.1 Å². The van der Waals surface area contributed by atoms with E-state index in [1.54, 1.807) is 13.8 Å². The number of rotatable bonds is 5. The fraction of sp³-hybridized carbons (Fsp3) is 0.417. The molecule has 18 heavy (non-hydrogen) atoms. The number of esters is 1. The Bertz CT molecular complexity index is 521. The molecule has 0 aliphatic rings. The monoisotopic (exact) mass is 271 g/mol. The summed E-state index contributed by atoms with van der Waals surface area (Å²) in [5.41, 5.74) is 0.228. The largest absolute Gasteiger partial charge is 0.465 e. The minimum absolute atomic E-state index is 0.106. The Morgan fingerprint density at radius 1 is 1.28 bits per heavy atom. The van der Waals surface area contributed by atoms with Crippen LogP contribution in [0.5, 0.6) is 0 Å². The van der Waals surface area contributed by atoms with E-state index in [0.717, 1.165) is 0 Å². The van der Waals surface area contributed by atoms with Crippen LogP contribution >= 0.6 is 0 Å². The van der Waals surface area contributed by atoms with Gasteiger partial charge in [-0.2, -0.15) is 4.31 Å². The summed E-state index contributed by atoms with van der Waals surface area (Å²) in [7, 11) is -2.28. The second kappa shape index (κ2) is 5.97. The molecule has 0 spiro atoms. The molecule has 0 amide bonds. The summed E-state index contributed by atoms with van der Waals surface area (Å²) in [4.78, 5) is 11.5. The van der Waals surface area contributed by atoms with Crippen LogP contribution in [-0.2, 0) is 14.8 Å². The summed E-state index contributed by atoms with van der Waals surface area (Å²) in [6.07, 6.45) is 0. The number of sulfonamides is 1. The lowest BCUT2D eigenvalue weighted by molar-refractivity contribution is 0.0600. The van der Waals surface area contributed by atoms with E-state index in [9.17, 15) is 13.2 Å². The molecule has 5 nitrogen and oxygen atoms in total. The van der Waals surface area contributed by atoms with Crippen LogP contribution in [0.2, 0.25) is 0 Å². The molecule has 1 rings (SSSR count). The highest BCUT2D eigenvalue weighted by Crippen LogP contribution is 2.17. The van der Waals surface area contributed by atoms with Crippen molar-refractivity contribution in [2.24, 2.45) is 0 Å². The molecule has 0 aliphatic carbocycles. The van der Waals surface area contributed by atoms with Crippen molar-refractivity contribution < 1.29 is 17.9 Å². The number of ether oxygens (including phenoxy) is 1. The number of methoxy groups -OCH3 is 1. The number of hydrogen-bond acceptors (Lipinski definition) is 4. The van der Waals surface area contributed by atoms with Gasteiger partial charge >= 0.3 is 5.97 Å². The van der Waals surface area contributed by atoms with Gasteiger partial charge in [-0.25, -0.2) is 13.2 Å². The zero-order chi connectivity index (χ0) is 13.8. The Hall–Kier alpha value is -1.40. The zero-order valence-corrected chi connectivity index (χ0v) is 11.5. The van der Waals surface area contributed by atoms with E-state index in [1.165, 1.54) is 35.7 Å². The first-order valence-corrected chi connectivity index (χ1v) is 7.09. The van der Waals surface area contributed by atoms with Crippen molar-refractivity contribution in [3.8, 4) is 0 Å². The fourth-order valence-electron chi connectivity index (χ4n) is 1.61. The first kappa shape index (κ1) is 14.7. The van der Waals surface area contributed by atoms with Crippen LogP contribution in [-0.4, -0.2) is 38.9 Å². The smallest absolute Gasteiger partial charge is 0.337 e. The molecule has 1 aromatic rings. The Kier molecular flexibility index (Phi) is 4.86. The van der Waals surface area contributed by atoms with Gasteiger partial charge in [-0.1, -0.05) is 19.9 Å². The normalized spacial score (nSPS) is 11.6. The maximum absolute atomic E-state index is 12.2. The van der Waals surface area contributed by atoms with Crippen LogP contribution in [0, 0.1) is 0 Å². The lowest BCUT2D eigenvalue weighted by atomic mass is 10.2. The molecule has 6 heteroatoms. The average molecular weight is 271 g/mol. The number of hydrogen-bond donors (Lipinski definition) is 0. The van der Waals surface area contributed by atoms with Gasteiger partial charge in [0.2, 0.25) is 10.0 Å². The minimum Gasteiger partial charge on any atom is -0.465 e. The Balaban J connectivity index is 3.21. The quantitative estimate of drug-likeness (QED) is 0.761. The first-order chi connectivity index (χ1) is 8.47. The third-order valence-corrected chi connectivity index (χ3v) is 4.64. The van der Waals surface area contributed by atoms with Crippen LogP contribution in [0.4, 0.5) is 0 Å². The van der Waals surface area contributed by atoms with Gasteiger partial charge in [0.15, 0.2) is 0 Å². The van der Waals surface area contributed by atoms with E-state index in [2.05, 4.69) is 4.74 Å². The zero-order valence-electron chi connectivity index (χ0n) is 10.7. The van der Waals surface area contributed by atoms with Crippen molar-refractivity contribution in [2.75, 3.05) is 20.2 Å². The number of carbonyl (C=O) groups excluding carboxylic acids is 1. The molecule has 0 heterocycles. The summed E-state index contributed by atoms with van der Waals surface area (Å²) in [6.45, 7) is 4.32. The highest BCUT2D eigenvalue weighted by molar-refractivity contribution is 7.89. The molecule has 0 saturated heterocycles. The standard InChI is InChI=1S/C12H17NO4S/c1-4-13(5-2)18(15,16)11-8-6-7-10(9-11)12(14)17-3/h6-9H,4-5H2,1-3H3. The van der Waals surface area contributed by atoms with Gasteiger partial charge in [0, 0.05) is 13.1 Å². The predicted molar refractivity (Wildman–Crippen MR) is 67.9 cm³/mol. The van der Waals surface area contributed by atoms with E-state index < -0.39 is 16.0 Å². The lowest BCUT2D eigenvalue weighted by Crippen LogP contribution is -2.30. The van der Waals surface area contributed by atoms with Gasteiger partial charge in [0.05, 0.1) is 17.6 Å². The molecular weight excluding hydrogens is 254 g/mol. The Morgan fingerprint density at radius 2 is 1.89 bits per heavy atom. The highest BCUT2D eigenvalue weighted by atomic mass is 32.2. The molecule has 100 valence electrons. The summed E-state index contributed by atoms with van der Waals surface area (Å²) in [5, 5.41) is 0. The third-order valence-electron chi connectivity index (χ3n) is 2.60. The van der Waals surface area contributed by atoms with Crippen LogP contribution < -0.4 is 0 Å². The number of benzene rings is 1. The maximum Gasteiger partial charge on any atom is 0.337 e. The van der Waals surface area contributed by atoms with Crippen molar-refractivity contribution in [1.29, 1.82) is 0 Å². The Morgan fingerprint density at radius 3 is 2.39 bits per heavy atom. The number of nitrogens with zero attached hydrogens (tertiary/aromatic N) is 1. The van der Waals surface area contributed by atoms with E-state index >= 15 is 0 Å². The van der Waals surface area contributed by atoms with Crippen molar-refractivity contribution in [2.45, 2.75) is 18.7 Å². The average Bonchev–Trinajstić information content (AvgIpc) is 2.39. The summed E-state index contributed by atoms with van der Waals surface area (Å²) in [6, 6.07) is 5.86. The SMILES string of the molecule is CCN(CC)S(=O)(=O)c1cccc(C(=O)OC)c1. The highest BCUT2D eigenvalue weighted by Gasteiger charge is 2.22. The Labute approximate surface area is 107 Å². The molecule has 0 radical (unpaired) electrons. The maximum atomic E-state index is 12.2. The minimum atomic E-state index is -3.54. The van der Waals surface area contributed by atoms with Gasteiger partial charge < -0.3 is 4.74 Å². The summed E-state index contributed by atoms with van der Waals surface area (Å²) >= 11 is 0. The van der Waals surface area contributed by atoms with Crippen LogP contribution in [0.15, 0.2) is 29.2 Å².